The summed E-state index contributed by atoms with van der Waals surface area (Å²) in [4.78, 5) is 4.72. The van der Waals surface area contributed by atoms with Gasteiger partial charge in [0.2, 0.25) is 0 Å². The smallest absolute Gasteiger partial charge is 0.125 e. The fourth-order valence-electron chi connectivity index (χ4n) is 2.07. The maximum Gasteiger partial charge on any atom is 0.125 e. The molecule has 0 aliphatic rings. The van der Waals surface area contributed by atoms with E-state index in [2.05, 4.69) is 37.4 Å². The monoisotopic (exact) mass is 299 g/mol. The summed E-state index contributed by atoms with van der Waals surface area (Å²) in [5.74, 6) is 0. The van der Waals surface area contributed by atoms with Crippen LogP contribution in [0.25, 0.3) is 21.8 Å². The molecule has 1 aromatic heterocycles. The highest BCUT2D eigenvalue weighted by atomic mass is 35.5. The Kier molecular flexibility index (Phi) is 3.60. The quantitative estimate of drug-likeness (QED) is 0.587. The van der Waals surface area contributed by atoms with Gasteiger partial charge in [0.05, 0.1) is 10.7 Å². The first kappa shape index (κ1) is 13.3. The van der Waals surface area contributed by atoms with Crippen LogP contribution in [0.4, 0.5) is 0 Å². The second-order valence-electron chi connectivity index (χ2n) is 4.82. The Morgan fingerprint density at radius 1 is 1.00 bits per heavy atom. The molecule has 0 saturated heterocycles. The fraction of sp³-hybridized carbons (Fsp3) is 0.118. The van der Waals surface area contributed by atoms with Crippen molar-refractivity contribution in [3.05, 3.63) is 64.0 Å². The third-order valence-corrected chi connectivity index (χ3v) is 4.62. The van der Waals surface area contributed by atoms with Gasteiger partial charge < -0.3 is 0 Å². The van der Waals surface area contributed by atoms with E-state index in [9.17, 15) is 0 Å². The van der Waals surface area contributed by atoms with E-state index < -0.39 is 0 Å². The minimum absolute atomic E-state index is 0.744. The van der Waals surface area contributed by atoms with E-state index in [1.807, 2.05) is 24.3 Å². The van der Waals surface area contributed by atoms with Crippen molar-refractivity contribution >= 4 is 22.9 Å². The molecule has 3 aromatic rings. The number of hydrogen-bond donors (Lipinski definition) is 0. The van der Waals surface area contributed by atoms with E-state index in [1.54, 1.807) is 11.3 Å². The molecule has 0 fully saturated rings. The molecule has 3 rings (SSSR count). The van der Waals surface area contributed by atoms with Gasteiger partial charge >= 0.3 is 0 Å². The summed E-state index contributed by atoms with van der Waals surface area (Å²) in [6.45, 7) is 4.25. The van der Waals surface area contributed by atoms with Gasteiger partial charge in [0.15, 0.2) is 0 Å². The Labute approximate surface area is 127 Å². The zero-order valence-corrected chi connectivity index (χ0v) is 12.9. The normalized spacial score (nSPS) is 10.8. The molecule has 0 aliphatic heterocycles. The maximum absolute atomic E-state index is 6.23. The minimum Gasteiger partial charge on any atom is -0.236 e. The van der Waals surface area contributed by atoms with E-state index in [1.165, 1.54) is 11.1 Å². The number of hydrogen-bond acceptors (Lipinski definition) is 2. The summed E-state index contributed by atoms with van der Waals surface area (Å²) in [6, 6.07) is 14.3. The van der Waals surface area contributed by atoms with Gasteiger partial charge in [-0.3, -0.25) is 0 Å². The van der Waals surface area contributed by atoms with Crippen molar-refractivity contribution < 1.29 is 0 Å². The molecule has 0 N–H and O–H groups in total. The van der Waals surface area contributed by atoms with Crippen LogP contribution in [0.5, 0.6) is 0 Å². The number of halogens is 1. The molecule has 100 valence electrons. The summed E-state index contributed by atoms with van der Waals surface area (Å²) in [7, 11) is 0. The van der Waals surface area contributed by atoms with Gasteiger partial charge in [-0.1, -0.05) is 41.9 Å². The summed E-state index contributed by atoms with van der Waals surface area (Å²) in [5, 5.41) is 3.79. The molecule has 0 amide bonds. The Hall–Kier alpha value is -1.64. The van der Waals surface area contributed by atoms with Crippen LogP contribution in [-0.2, 0) is 0 Å². The van der Waals surface area contributed by atoms with E-state index >= 15 is 0 Å². The molecule has 0 bridgehead atoms. The second kappa shape index (κ2) is 5.39. The van der Waals surface area contributed by atoms with E-state index in [0.29, 0.717) is 0 Å². The topological polar surface area (TPSA) is 12.9 Å². The molecule has 1 nitrogen and oxygen atoms in total. The zero-order valence-electron chi connectivity index (χ0n) is 11.4. The lowest BCUT2D eigenvalue weighted by molar-refractivity contribution is 1.32. The van der Waals surface area contributed by atoms with E-state index in [0.717, 1.165) is 26.9 Å². The van der Waals surface area contributed by atoms with Gasteiger partial charge in [-0.05, 0) is 37.1 Å². The highest BCUT2D eigenvalue weighted by Crippen LogP contribution is 2.33. The van der Waals surface area contributed by atoms with Crippen LogP contribution < -0.4 is 0 Å². The van der Waals surface area contributed by atoms with Crippen molar-refractivity contribution in [1.29, 1.82) is 0 Å². The Morgan fingerprint density at radius 3 is 2.55 bits per heavy atom. The Bertz CT molecular complexity index is 761. The van der Waals surface area contributed by atoms with Crippen molar-refractivity contribution in [3.8, 4) is 21.8 Å². The van der Waals surface area contributed by atoms with Crippen molar-refractivity contribution in [2.24, 2.45) is 0 Å². The standard InChI is InChI=1S/C17H14ClNS/c1-11-7-8-13(9-12(11)2)16-10-20-17(19-16)14-5-3-4-6-15(14)18/h3-10H,1-2H3. The average molecular weight is 300 g/mol. The zero-order chi connectivity index (χ0) is 14.1. The number of nitrogens with zero attached hydrogens (tertiary/aromatic N) is 1. The number of rotatable bonds is 2. The van der Waals surface area contributed by atoms with Gasteiger partial charge in [-0.2, -0.15) is 0 Å². The Balaban J connectivity index is 2.02. The number of aryl methyl sites for hydroxylation is 2. The molecule has 0 aliphatic carbocycles. The van der Waals surface area contributed by atoms with Crippen LogP contribution in [0.15, 0.2) is 47.8 Å². The molecule has 3 heteroatoms. The molecule has 0 unspecified atom stereocenters. The molecule has 0 atom stereocenters. The first-order chi connectivity index (χ1) is 9.65. The largest absolute Gasteiger partial charge is 0.236 e. The first-order valence-electron chi connectivity index (χ1n) is 6.43. The van der Waals surface area contributed by atoms with Crippen LogP contribution in [0, 0.1) is 13.8 Å². The van der Waals surface area contributed by atoms with Gasteiger partial charge in [-0.15, -0.1) is 11.3 Å². The summed E-state index contributed by atoms with van der Waals surface area (Å²) in [5.41, 5.74) is 5.75. The molecule has 2 aromatic carbocycles. The average Bonchev–Trinajstić information content (AvgIpc) is 2.92. The molecule has 0 radical (unpaired) electrons. The molecule has 0 saturated carbocycles. The highest BCUT2D eigenvalue weighted by Gasteiger charge is 2.09. The van der Waals surface area contributed by atoms with Crippen LogP contribution >= 0.6 is 22.9 Å². The van der Waals surface area contributed by atoms with Crippen molar-refractivity contribution in [1.82, 2.24) is 4.98 Å². The molecular formula is C17H14ClNS. The van der Waals surface area contributed by atoms with Gasteiger partial charge in [-0.25, -0.2) is 4.98 Å². The summed E-state index contributed by atoms with van der Waals surface area (Å²) >= 11 is 7.85. The van der Waals surface area contributed by atoms with Crippen molar-refractivity contribution in [2.45, 2.75) is 13.8 Å². The molecule has 0 spiro atoms. The van der Waals surface area contributed by atoms with Gasteiger partial charge in [0.1, 0.15) is 5.01 Å². The molecular weight excluding hydrogens is 286 g/mol. The maximum atomic E-state index is 6.23. The van der Waals surface area contributed by atoms with Crippen LogP contribution in [-0.4, -0.2) is 4.98 Å². The number of benzene rings is 2. The van der Waals surface area contributed by atoms with Crippen molar-refractivity contribution in [2.75, 3.05) is 0 Å². The van der Waals surface area contributed by atoms with E-state index in [-0.39, 0.29) is 0 Å². The third-order valence-electron chi connectivity index (χ3n) is 3.41. The molecule has 1 heterocycles. The third kappa shape index (κ3) is 2.49. The highest BCUT2D eigenvalue weighted by molar-refractivity contribution is 7.13. The lowest BCUT2D eigenvalue weighted by Crippen LogP contribution is -1.84. The van der Waals surface area contributed by atoms with Crippen molar-refractivity contribution in [3.63, 3.8) is 0 Å². The Morgan fingerprint density at radius 2 is 1.80 bits per heavy atom. The van der Waals surface area contributed by atoms with E-state index in [4.69, 9.17) is 16.6 Å². The number of thiazole rings is 1. The SMILES string of the molecule is Cc1ccc(-c2csc(-c3ccccc3Cl)n2)cc1C. The fourth-order valence-corrected chi connectivity index (χ4v) is 3.21. The first-order valence-corrected chi connectivity index (χ1v) is 7.69. The summed E-state index contributed by atoms with van der Waals surface area (Å²) in [6.07, 6.45) is 0. The lowest BCUT2D eigenvalue weighted by atomic mass is 10.1. The predicted molar refractivity (Wildman–Crippen MR) is 87.5 cm³/mol. The minimum atomic E-state index is 0.744. The molecule has 20 heavy (non-hydrogen) atoms. The number of aromatic nitrogens is 1. The van der Waals surface area contributed by atoms with Gasteiger partial charge in [0, 0.05) is 16.5 Å². The lowest BCUT2D eigenvalue weighted by Gasteiger charge is -2.02. The second-order valence-corrected chi connectivity index (χ2v) is 6.08. The van der Waals surface area contributed by atoms with Crippen LogP contribution in [0.2, 0.25) is 5.02 Å². The summed E-state index contributed by atoms with van der Waals surface area (Å²) < 4.78 is 0. The van der Waals surface area contributed by atoms with Crippen LogP contribution in [0.3, 0.4) is 0 Å². The van der Waals surface area contributed by atoms with Gasteiger partial charge in [0.25, 0.3) is 0 Å². The van der Waals surface area contributed by atoms with Crippen LogP contribution in [0.1, 0.15) is 11.1 Å². The predicted octanol–water partition coefficient (Wildman–Crippen LogP) is 5.75.